The monoisotopic (exact) mass is 503 g/mol. The summed E-state index contributed by atoms with van der Waals surface area (Å²) in [6.45, 7) is -0.123. The molecule has 4 fully saturated rings. The number of carbonyl (C=O) groups is 2. The third kappa shape index (κ3) is 4.78. The molecule has 4 aliphatic carbocycles. The second kappa shape index (κ2) is 8.36. The van der Waals surface area contributed by atoms with Crippen molar-refractivity contribution in [2.75, 3.05) is 6.61 Å². The molecule has 1 amide bonds. The highest BCUT2D eigenvalue weighted by Crippen LogP contribution is 2.69. The fourth-order valence-corrected chi connectivity index (χ4v) is 6.04. The largest absolute Gasteiger partial charge is 0.522 e. The van der Waals surface area contributed by atoms with E-state index < -0.39 is 24.7 Å². The van der Waals surface area contributed by atoms with Gasteiger partial charge in [-0.15, -0.1) is 13.2 Å². The number of alkyl halides is 3. The molecular weight excluding hydrogens is 479 g/mol. The van der Waals surface area contributed by atoms with E-state index >= 15 is 0 Å². The maximum absolute atomic E-state index is 12.8. The summed E-state index contributed by atoms with van der Waals surface area (Å²) in [5.74, 6) is 0.0581. The first kappa shape index (κ1) is 23.8. The SMILES string of the molecule is O=C(COC1CC(OC(F)(F)F)C1)CC12CC(NC(=O)[C@H]3C[C@@H](O)c4cc(Cl)ccc4O3)(C1)C2. The van der Waals surface area contributed by atoms with Gasteiger partial charge in [-0.1, -0.05) is 11.6 Å². The summed E-state index contributed by atoms with van der Waals surface area (Å²) in [6, 6.07) is 4.90. The van der Waals surface area contributed by atoms with Crippen molar-refractivity contribution in [3.05, 3.63) is 28.8 Å². The lowest BCUT2D eigenvalue weighted by Gasteiger charge is -2.70. The van der Waals surface area contributed by atoms with Crippen molar-refractivity contribution in [3.8, 4) is 5.75 Å². The van der Waals surface area contributed by atoms with E-state index in [1.807, 2.05) is 0 Å². The summed E-state index contributed by atoms with van der Waals surface area (Å²) in [5.41, 5.74) is 0.0705. The summed E-state index contributed by atoms with van der Waals surface area (Å²) >= 11 is 5.96. The Morgan fingerprint density at radius 3 is 2.56 bits per heavy atom. The van der Waals surface area contributed by atoms with E-state index in [9.17, 15) is 27.9 Å². The van der Waals surface area contributed by atoms with Crippen LogP contribution in [0.3, 0.4) is 0 Å². The minimum atomic E-state index is -4.65. The molecule has 11 heteroatoms. The van der Waals surface area contributed by atoms with E-state index in [1.54, 1.807) is 18.2 Å². The molecule has 5 aliphatic rings. The molecule has 0 unspecified atom stereocenters. The van der Waals surface area contributed by atoms with Gasteiger partial charge in [0.05, 0.1) is 18.3 Å². The number of ether oxygens (including phenoxy) is 3. The van der Waals surface area contributed by atoms with Crippen LogP contribution >= 0.6 is 11.6 Å². The van der Waals surface area contributed by atoms with Gasteiger partial charge >= 0.3 is 6.36 Å². The number of nitrogens with one attached hydrogen (secondary N) is 1. The highest BCUT2D eigenvalue weighted by molar-refractivity contribution is 6.30. The molecule has 186 valence electrons. The number of aliphatic hydroxyl groups excluding tert-OH is 1. The van der Waals surface area contributed by atoms with Gasteiger partial charge in [-0.3, -0.25) is 14.3 Å². The molecule has 0 saturated heterocycles. The third-order valence-electron chi connectivity index (χ3n) is 7.26. The van der Waals surface area contributed by atoms with Gasteiger partial charge in [0.15, 0.2) is 11.9 Å². The molecule has 0 radical (unpaired) electrons. The summed E-state index contributed by atoms with van der Waals surface area (Å²) in [4.78, 5) is 25.1. The zero-order valence-electron chi connectivity index (χ0n) is 18.2. The van der Waals surface area contributed by atoms with Crippen LogP contribution in [0.2, 0.25) is 5.02 Å². The van der Waals surface area contributed by atoms with Crippen molar-refractivity contribution in [3.63, 3.8) is 0 Å². The maximum atomic E-state index is 12.8. The lowest BCUT2D eigenvalue weighted by atomic mass is 9.38. The van der Waals surface area contributed by atoms with Crippen LogP contribution in [0.1, 0.15) is 56.6 Å². The average Bonchev–Trinajstić information content (AvgIpc) is 2.66. The second-order valence-corrected chi connectivity index (χ2v) is 10.6. The summed E-state index contributed by atoms with van der Waals surface area (Å²) in [6.07, 6.45) is -4.83. The standard InChI is InChI=1S/C23H25ClF3NO6/c24-12-1-2-18-16(3-12)17(30)6-19(33-18)20(31)28-22-9-21(10-22,11-22)7-13(29)8-32-14-4-15(5-14)34-23(25,26)27/h1-3,14-15,17,19,30H,4-11H2,(H,28,31)/t14?,15?,17-,19-,21?,22?/m1/s1. The molecule has 34 heavy (non-hydrogen) atoms. The van der Waals surface area contributed by atoms with Crippen molar-refractivity contribution in [1.29, 1.82) is 0 Å². The number of carbonyl (C=O) groups excluding carboxylic acids is 2. The van der Waals surface area contributed by atoms with Crippen LogP contribution in [-0.2, 0) is 19.1 Å². The Balaban J connectivity index is 1.03. The number of halogens is 4. The van der Waals surface area contributed by atoms with Gasteiger partial charge in [-0.05, 0) is 42.9 Å². The number of hydrogen-bond donors (Lipinski definition) is 2. The molecule has 6 rings (SSSR count). The highest BCUT2D eigenvalue weighted by Gasteiger charge is 2.68. The van der Waals surface area contributed by atoms with E-state index in [0.717, 1.165) is 0 Å². The predicted octanol–water partition coefficient (Wildman–Crippen LogP) is 3.61. The van der Waals surface area contributed by atoms with Crippen LogP contribution in [0, 0.1) is 5.41 Å². The fourth-order valence-electron chi connectivity index (χ4n) is 5.86. The lowest BCUT2D eigenvalue weighted by Crippen LogP contribution is -2.75. The van der Waals surface area contributed by atoms with E-state index in [2.05, 4.69) is 10.1 Å². The molecule has 1 aromatic rings. The number of amides is 1. The maximum Gasteiger partial charge on any atom is 0.522 e. The van der Waals surface area contributed by atoms with Crippen LogP contribution < -0.4 is 10.1 Å². The van der Waals surface area contributed by atoms with Gasteiger partial charge in [0, 0.05) is 41.8 Å². The minimum Gasteiger partial charge on any atom is -0.480 e. The van der Waals surface area contributed by atoms with Gasteiger partial charge < -0.3 is 19.9 Å². The van der Waals surface area contributed by atoms with Crippen molar-refractivity contribution in [2.45, 2.75) is 81.3 Å². The van der Waals surface area contributed by atoms with Crippen LogP contribution in [0.15, 0.2) is 18.2 Å². The first-order chi connectivity index (χ1) is 15.9. The molecule has 1 aromatic carbocycles. The van der Waals surface area contributed by atoms with Gasteiger partial charge in [0.2, 0.25) is 0 Å². The zero-order chi connectivity index (χ0) is 24.3. The zero-order valence-corrected chi connectivity index (χ0v) is 19.0. The molecule has 0 spiro atoms. The molecular formula is C23H25ClF3NO6. The van der Waals surface area contributed by atoms with E-state index in [-0.39, 0.29) is 54.6 Å². The molecule has 2 atom stereocenters. The van der Waals surface area contributed by atoms with E-state index in [1.165, 1.54) is 0 Å². The molecule has 1 aliphatic heterocycles. The Morgan fingerprint density at radius 1 is 1.18 bits per heavy atom. The Bertz CT molecular complexity index is 976. The Hall–Kier alpha value is -1.88. The van der Waals surface area contributed by atoms with Crippen LogP contribution in [-0.4, -0.2) is 53.6 Å². The topological polar surface area (TPSA) is 94.1 Å². The molecule has 1 heterocycles. The molecule has 7 nitrogen and oxygen atoms in total. The Labute approximate surface area is 198 Å². The molecule has 4 saturated carbocycles. The number of ketones is 1. The number of hydrogen-bond acceptors (Lipinski definition) is 6. The Kier molecular flexibility index (Phi) is 5.86. The minimum absolute atomic E-state index is 0.0891. The number of rotatable bonds is 8. The Morgan fingerprint density at radius 2 is 1.88 bits per heavy atom. The van der Waals surface area contributed by atoms with Crippen LogP contribution in [0.5, 0.6) is 5.75 Å². The predicted molar refractivity (Wildman–Crippen MR) is 112 cm³/mol. The highest BCUT2D eigenvalue weighted by atomic mass is 35.5. The van der Waals surface area contributed by atoms with Gasteiger partial charge in [0.25, 0.3) is 5.91 Å². The van der Waals surface area contributed by atoms with Crippen LogP contribution in [0.25, 0.3) is 0 Å². The third-order valence-corrected chi connectivity index (χ3v) is 7.50. The number of fused-ring (bicyclic) bond motifs is 1. The summed E-state index contributed by atoms with van der Waals surface area (Å²) in [7, 11) is 0. The van der Waals surface area contributed by atoms with Crippen molar-refractivity contribution in [1.82, 2.24) is 5.32 Å². The van der Waals surface area contributed by atoms with Gasteiger partial charge in [-0.25, -0.2) is 0 Å². The first-order valence-electron chi connectivity index (χ1n) is 11.3. The number of aliphatic hydroxyl groups is 1. The molecule has 0 aromatic heterocycles. The summed E-state index contributed by atoms with van der Waals surface area (Å²) in [5, 5.41) is 13.9. The van der Waals surface area contributed by atoms with Gasteiger partial charge in [0.1, 0.15) is 12.4 Å². The molecule has 2 bridgehead atoms. The lowest BCUT2D eigenvalue weighted by molar-refractivity contribution is -0.357. The number of Topliss-reactive ketones (excluding diaryl/α,β-unsaturated/α-hetero) is 1. The van der Waals surface area contributed by atoms with Crippen molar-refractivity contribution >= 4 is 23.3 Å². The van der Waals surface area contributed by atoms with Gasteiger partial charge in [-0.2, -0.15) is 0 Å². The summed E-state index contributed by atoms with van der Waals surface area (Å²) < 4.78 is 51.5. The fraction of sp³-hybridized carbons (Fsp3) is 0.652. The van der Waals surface area contributed by atoms with E-state index in [0.29, 0.717) is 42.0 Å². The molecule has 2 N–H and O–H groups in total. The first-order valence-corrected chi connectivity index (χ1v) is 11.7. The normalized spacial score (nSPS) is 35.7. The van der Waals surface area contributed by atoms with Crippen molar-refractivity contribution < 1.29 is 42.1 Å². The number of benzene rings is 1. The average molecular weight is 504 g/mol. The van der Waals surface area contributed by atoms with Crippen molar-refractivity contribution in [2.24, 2.45) is 5.41 Å². The van der Waals surface area contributed by atoms with E-state index in [4.69, 9.17) is 21.1 Å². The second-order valence-electron chi connectivity index (χ2n) is 10.1. The quantitative estimate of drug-likeness (QED) is 0.563. The van der Waals surface area contributed by atoms with Crippen LogP contribution in [0.4, 0.5) is 13.2 Å². The smallest absolute Gasteiger partial charge is 0.480 e.